The normalized spacial score (nSPS) is 17.9. The Bertz CT molecular complexity index is 303. The lowest BCUT2D eigenvalue weighted by Gasteiger charge is -2.15. The number of hydrogen-bond donors (Lipinski definition) is 1. The van der Waals surface area contributed by atoms with E-state index in [0.717, 1.165) is 19.5 Å². The van der Waals surface area contributed by atoms with Crippen LogP contribution in [0.1, 0.15) is 31.0 Å². The van der Waals surface area contributed by atoms with Gasteiger partial charge < -0.3 is 5.73 Å². The lowest BCUT2D eigenvalue weighted by Crippen LogP contribution is -2.16. The first-order valence-electron chi connectivity index (χ1n) is 5.55. The molecule has 0 bridgehead atoms. The minimum atomic E-state index is 0.575. The molecule has 14 heavy (non-hydrogen) atoms. The fraction of sp³-hybridized carbons (Fsp3) is 0.727. The lowest BCUT2D eigenvalue weighted by atomic mass is 9.98. The Hall–Kier alpha value is -0.830. The number of rotatable bonds is 3. The molecular formula is C11H19N3. The Morgan fingerprint density at radius 3 is 3.21 bits per heavy atom. The Morgan fingerprint density at radius 2 is 2.43 bits per heavy atom. The van der Waals surface area contributed by atoms with Crippen LogP contribution in [0.4, 0.5) is 0 Å². The number of nitrogens with two attached hydrogens (primary N) is 1. The van der Waals surface area contributed by atoms with Crippen molar-refractivity contribution in [1.82, 2.24) is 9.78 Å². The number of hydrogen-bond acceptors (Lipinski definition) is 2. The second-order valence-electron chi connectivity index (χ2n) is 4.34. The van der Waals surface area contributed by atoms with Gasteiger partial charge in [0, 0.05) is 12.2 Å². The van der Waals surface area contributed by atoms with Gasteiger partial charge in [-0.25, -0.2) is 0 Å². The van der Waals surface area contributed by atoms with Gasteiger partial charge >= 0.3 is 0 Å². The third-order valence-electron chi connectivity index (χ3n) is 3.04. The van der Waals surface area contributed by atoms with Gasteiger partial charge in [0.1, 0.15) is 0 Å². The number of aryl methyl sites for hydroxylation is 1. The van der Waals surface area contributed by atoms with E-state index in [1.165, 1.54) is 30.5 Å². The maximum Gasteiger partial charge on any atom is 0.0524 e. The predicted molar refractivity (Wildman–Crippen MR) is 57.1 cm³/mol. The third kappa shape index (κ3) is 1.82. The van der Waals surface area contributed by atoms with Gasteiger partial charge in [-0.2, -0.15) is 5.10 Å². The maximum atomic E-state index is 5.64. The molecule has 2 rings (SSSR count). The summed E-state index contributed by atoms with van der Waals surface area (Å²) in [6.45, 7) is 4.07. The summed E-state index contributed by atoms with van der Waals surface area (Å²) in [5, 5.41) is 4.42. The minimum Gasteiger partial charge on any atom is -0.330 e. The maximum absolute atomic E-state index is 5.64. The summed E-state index contributed by atoms with van der Waals surface area (Å²) in [6, 6.07) is 0. The van der Waals surface area contributed by atoms with E-state index in [-0.39, 0.29) is 0 Å². The molecule has 1 aliphatic heterocycles. The number of nitrogens with zero attached hydrogens (tertiary/aromatic N) is 2. The van der Waals surface area contributed by atoms with Crippen LogP contribution in [0.2, 0.25) is 0 Å². The SMILES string of the molecule is CC(CN)Cc1cnn2c1CCCC2. The standard InChI is InChI=1S/C11H19N3/c1-9(7-12)6-10-8-13-14-5-3-2-4-11(10)14/h8-9H,2-7,12H2,1H3. The highest BCUT2D eigenvalue weighted by atomic mass is 15.3. The molecule has 3 nitrogen and oxygen atoms in total. The zero-order valence-corrected chi connectivity index (χ0v) is 8.87. The summed E-state index contributed by atoms with van der Waals surface area (Å²) in [6.07, 6.45) is 6.92. The van der Waals surface area contributed by atoms with Crippen molar-refractivity contribution >= 4 is 0 Å². The van der Waals surface area contributed by atoms with Crippen LogP contribution in [0.5, 0.6) is 0 Å². The van der Waals surface area contributed by atoms with E-state index in [0.29, 0.717) is 5.92 Å². The second-order valence-corrected chi connectivity index (χ2v) is 4.34. The first-order chi connectivity index (χ1) is 6.81. The molecule has 0 saturated carbocycles. The van der Waals surface area contributed by atoms with E-state index in [4.69, 9.17) is 5.73 Å². The molecule has 78 valence electrons. The molecule has 3 heteroatoms. The summed E-state index contributed by atoms with van der Waals surface area (Å²) in [5.74, 6) is 0.575. The summed E-state index contributed by atoms with van der Waals surface area (Å²) in [5.41, 5.74) is 8.51. The number of aromatic nitrogens is 2. The van der Waals surface area contributed by atoms with Crippen molar-refractivity contribution in [3.05, 3.63) is 17.5 Å². The number of fused-ring (bicyclic) bond motifs is 1. The van der Waals surface area contributed by atoms with Gasteiger partial charge in [-0.3, -0.25) is 4.68 Å². The average Bonchev–Trinajstić information content (AvgIpc) is 2.62. The van der Waals surface area contributed by atoms with Crippen molar-refractivity contribution in [3.8, 4) is 0 Å². The molecule has 1 aromatic heterocycles. The molecule has 2 heterocycles. The van der Waals surface area contributed by atoms with Crippen LogP contribution in [-0.4, -0.2) is 16.3 Å². The highest BCUT2D eigenvalue weighted by molar-refractivity contribution is 5.19. The molecular weight excluding hydrogens is 174 g/mol. The van der Waals surface area contributed by atoms with Crippen LogP contribution < -0.4 is 5.73 Å². The first kappa shape index (κ1) is 9.71. The van der Waals surface area contributed by atoms with E-state index in [1.54, 1.807) is 0 Å². The van der Waals surface area contributed by atoms with Crippen molar-refractivity contribution in [1.29, 1.82) is 0 Å². The minimum absolute atomic E-state index is 0.575. The van der Waals surface area contributed by atoms with Crippen LogP contribution in [0.3, 0.4) is 0 Å². The van der Waals surface area contributed by atoms with E-state index in [9.17, 15) is 0 Å². The van der Waals surface area contributed by atoms with E-state index >= 15 is 0 Å². The van der Waals surface area contributed by atoms with Crippen LogP contribution in [-0.2, 0) is 19.4 Å². The van der Waals surface area contributed by atoms with Gasteiger partial charge in [-0.05, 0) is 43.7 Å². The van der Waals surface area contributed by atoms with Gasteiger partial charge in [0.15, 0.2) is 0 Å². The van der Waals surface area contributed by atoms with Gasteiger partial charge in [-0.1, -0.05) is 6.92 Å². The zero-order chi connectivity index (χ0) is 9.97. The van der Waals surface area contributed by atoms with E-state index in [2.05, 4.69) is 16.7 Å². The molecule has 0 spiro atoms. The molecule has 2 N–H and O–H groups in total. The zero-order valence-electron chi connectivity index (χ0n) is 8.87. The Morgan fingerprint density at radius 1 is 1.57 bits per heavy atom. The quantitative estimate of drug-likeness (QED) is 0.787. The molecule has 0 fully saturated rings. The van der Waals surface area contributed by atoms with Gasteiger partial charge in [0.25, 0.3) is 0 Å². The van der Waals surface area contributed by atoms with Crippen molar-refractivity contribution < 1.29 is 0 Å². The van der Waals surface area contributed by atoms with Crippen molar-refractivity contribution in [2.75, 3.05) is 6.54 Å². The summed E-state index contributed by atoms with van der Waals surface area (Å²) >= 11 is 0. The fourth-order valence-corrected chi connectivity index (χ4v) is 2.11. The van der Waals surface area contributed by atoms with Crippen LogP contribution >= 0.6 is 0 Å². The van der Waals surface area contributed by atoms with Gasteiger partial charge in [-0.15, -0.1) is 0 Å². The Kier molecular flexibility index (Phi) is 2.87. The second kappa shape index (κ2) is 4.13. The highest BCUT2D eigenvalue weighted by Crippen LogP contribution is 2.20. The molecule has 0 radical (unpaired) electrons. The molecule has 0 aliphatic carbocycles. The van der Waals surface area contributed by atoms with E-state index < -0.39 is 0 Å². The topological polar surface area (TPSA) is 43.8 Å². The largest absolute Gasteiger partial charge is 0.330 e. The smallest absolute Gasteiger partial charge is 0.0524 e. The van der Waals surface area contributed by atoms with Crippen molar-refractivity contribution in [2.24, 2.45) is 11.7 Å². The summed E-state index contributed by atoms with van der Waals surface area (Å²) < 4.78 is 2.17. The molecule has 0 saturated heterocycles. The Balaban J connectivity index is 2.14. The molecule has 0 amide bonds. The molecule has 1 atom stereocenters. The Labute approximate surface area is 85.3 Å². The molecule has 0 aromatic carbocycles. The van der Waals surface area contributed by atoms with E-state index in [1.807, 2.05) is 6.20 Å². The predicted octanol–water partition coefficient (Wildman–Crippen LogP) is 1.36. The lowest BCUT2D eigenvalue weighted by molar-refractivity contribution is 0.481. The van der Waals surface area contributed by atoms with Crippen molar-refractivity contribution in [2.45, 2.75) is 39.2 Å². The first-order valence-corrected chi connectivity index (χ1v) is 5.55. The molecule has 1 aliphatic rings. The summed E-state index contributed by atoms with van der Waals surface area (Å²) in [4.78, 5) is 0. The highest BCUT2D eigenvalue weighted by Gasteiger charge is 2.15. The summed E-state index contributed by atoms with van der Waals surface area (Å²) in [7, 11) is 0. The van der Waals surface area contributed by atoms with Gasteiger partial charge in [0.2, 0.25) is 0 Å². The third-order valence-corrected chi connectivity index (χ3v) is 3.04. The van der Waals surface area contributed by atoms with Crippen LogP contribution in [0, 0.1) is 5.92 Å². The van der Waals surface area contributed by atoms with Crippen LogP contribution in [0.15, 0.2) is 6.20 Å². The fourth-order valence-electron chi connectivity index (χ4n) is 2.11. The van der Waals surface area contributed by atoms with Crippen molar-refractivity contribution in [3.63, 3.8) is 0 Å². The van der Waals surface area contributed by atoms with Gasteiger partial charge in [0.05, 0.1) is 6.20 Å². The average molecular weight is 193 g/mol. The van der Waals surface area contributed by atoms with Crippen LogP contribution in [0.25, 0.3) is 0 Å². The monoisotopic (exact) mass is 193 g/mol. The molecule has 1 aromatic rings. The molecule has 1 unspecified atom stereocenters.